The fourth-order valence-electron chi connectivity index (χ4n) is 3.32. The Bertz CT molecular complexity index is 760. The van der Waals surface area contributed by atoms with Crippen molar-refractivity contribution in [2.24, 2.45) is 12.5 Å². The zero-order valence-corrected chi connectivity index (χ0v) is 16.0. The third kappa shape index (κ3) is 4.94. The van der Waals surface area contributed by atoms with Crippen molar-refractivity contribution in [2.75, 3.05) is 13.2 Å². The first-order valence-electron chi connectivity index (χ1n) is 8.42. The Balaban J connectivity index is 0.00000261. The van der Waals surface area contributed by atoms with E-state index in [-0.39, 0.29) is 31.5 Å². The lowest BCUT2D eigenvalue weighted by atomic mass is 9.86. The van der Waals surface area contributed by atoms with Gasteiger partial charge in [-0.1, -0.05) is 0 Å². The third-order valence-electron chi connectivity index (χ3n) is 4.65. The number of nitrogens with zero attached hydrogens (tertiary/aromatic N) is 4. The molecular formula is C17H24ClN5O4. The average Bonchev–Trinajstić information content (AvgIpc) is 3.11. The number of rotatable bonds is 6. The highest BCUT2D eigenvalue weighted by molar-refractivity contribution is 5.92. The molecule has 1 fully saturated rings. The van der Waals surface area contributed by atoms with E-state index in [4.69, 9.17) is 4.74 Å². The van der Waals surface area contributed by atoms with Gasteiger partial charge >= 0.3 is 0 Å². The number of aryl methyl sites for hydroxylation is 2. The Morgan fingerprint density at radius 2 is 2.07 bits per heavy atom. The lowest BCUT2D eigenvalue weighted by Crippen LogP contribution is -2.41. The highest BCUT2D eigenvalue weighted by Gasteiger charge is 2.45. The van der Waals surface area contributed by atoms with Crippen molar-refractivity contribution in [1.82, 2.24) is 25.1 Å². The zero-order valence-electron chi connectivity index (χ0n) is 15.2. The van der Waals surface area contributed by atoms with Gasteiger partial charge in [-0.25, -0.2) is 4.98 Å². The minimum atomic E-state index is -0.851. The molecule has 1 amide bonds. The lowest BCUT2D eigenvalue weighted by molar-refractivity contribution is 0.0438. The first-order valence-corrected chi connectivity index (χ1v) is 8.42. The van der Waals surface area contributed by atoms with Crippen LogP contribution in [0, 0.1) is 12.3 Å². The van der Waals surface area contributed by atoms with Crippen LogP contribution in [0.25, 0.3) is 0 Å². The summed E-state index contributed by atoms with van der Waals surface area (Å²) >= 11 is 0. The summed E-state index contributed by atoms with van der Waals surface area (Å²) in [6, 6.07) is 1.70. The van der Waals surface area contributed by atoms with Crippen molar-refractivity contribution in [3.63, 3.8) is 0 Å². The van der Waals surface area contributed by atoms with Gasteiger partial charge in [0.1, 0.15) is 5.69 Å². The SMILES string of the molecule is Cc1cc(C(=O)NCC2(COc3cnccn3)C[C@@H](O)[C@@H](O)C2)n(C)n1.Cl. The molecule has 148 valence electrons. The molecule has 0 radical (unpaired) electrons. The summed E-state index contributed by atoms with van der Waals surface area (Å²) in [6.07, 6.45) is 3.49. The Morgan fingerprint density at radius 3 is 2.63 bits per heavy atom. The van der Waals surface area contributed by atoms with E-state index in [0.717, 1.165) is 5.69 Å². The third-order valence-corrected chi connectivity index (χ3v) is 4.65. The maximum atomic E-state index is 12.5. The second kappa shape index (κ2) is 8.64. The molecular weight excluding hydrogens is 374 g/mol. The smallest absolute Gasteiger partial charge is 0.269 e. The summed E-state index contributed by atoms with van der Waals surface area (Å²) < 4.78 is 7.21. The van der Waals surface area contributed by atoms with Gasteiger partial charge in [0.2, 0.25) is 5.88 Å². The molecule has 0 saturated heterocycles. The van der Waals surface area contributed by atoms with Crippen molar-refractivity contribution >= 4 is 18.3 Å². The van der Waals surface area contributed by atoms with Gasteiger partial charge in [-0.2, -0.15) is 5.10 Å². The highest BCUT2D eigenvalue weighted by atomic mass is 35.5. The van der Waals surface area contributed by atoms with Gasteiger partial charge in [0.25, 0.3) is 5.91 Å². The van der Waals surface area contributed by atoms with Crippen LogP contribution in [-0.2, 0) is 7.05 Å². The summed E-state index contributed by atoms with van der Waals surface area (Å²) in [6.45, 7) is 2.27. The van der Waals surface area contributed by atoms with Gasteiger partial charge in [0.05, 0.1) is 30.7 Å². The van der Waals surface area contributed by atoms with Crippen LogP contribution in [-0.4, -0.2) is 61.2 Å². The molecule has 0 bridgehead atoms. The molecule has 1 unspecified atom stereocenters. The van der Waals surface area contributed by atoms with Gasteiger partial charge in [0.15, 0.2) is 0 Å². The Labute approximate surface area is 163 Å². The van der Waals surface area contributed by atoms with Gasteiger partial charge < -0.3 is 20.3 Å². The van der Waals surface area contributed by atoms with E-state index < -0.39 is 17.6 Å². The van der Waals surface area contributed by atoms with Gasteiger partial charge in [0, 0.05) is 31.4 Å². The fraction of sp³-hybridized carbons (Fsp3) is 0.529. The van der Waals surface area contributed by atoms with Crippen LogP contribution in [0.2, 0.25) is 0 Å². The van der Waals surface area contributed by atoms with E-state index in [1.807, 2.05) is 6.92 Å². The summed E-state index contributed by atoms with van der Waals surface area (Å²) in [5.74, 6) is 0.0965. The molecule has 3 atom stereocenters. The minimum absolute atomic E-state index is 0. The van der Waals surface area contributed by atoms with Crippen LogP contribution < -0.4 is 10.1 Å². The number of amides is 1. The summed E-state index contributed by atoms with van der Waals surface area (Å²) in [5, 5.41) is 27.0. The number of halogens is 1. The first-order chi connectivity index (χ1) is 12.4. The molecule has 0 aromatic carbocycles. The molecule has 27 heavy (non-hydrogen) atoms. The number of carbonyl (C=O) groups excluding carboxylic acids is 1. The molecule has 3 rings (SSSR count). The van der Waals surface area contributed by atoms with Gasteiger partial charge in [-0.15, -0.1) is 12.4 Å². The number of hydrogen-bond acceptors (Lipinski definition) is 7. The maximum Gasteiger partial charge on any atom is 0.269 e. The van der Waals surface area contributed by atoms with Gasteiger partial charge in [-0.05, 0) is 25.8 Å². The zero-order chi connectivity index (χ0) is 18.7. The number of hydrogen-bond donors (Lipinski definition) is 3. The second-order valence-corrected chi connectivity index (χ2v) is 6.85. The van der Waals surface area contributed by atoms with Crippen LogP contribution in [0.1, 0.15) is 29.0 Å². The predicted octanol–water partition coefficient (Wildman–Crippen LogP) is 0.251. The van der Waals surface area contributed by atoms with Crippen LogP contribution in [0.15, 0.2) is 24.7 Å². The molecule has 1 aliphatic carbocycles. The molecule has 3 N–H and O–H groups in total. The molecule has 0 aliphatic heterocycles. The quantitative estimate of drug-likeness (QED) is 0.638. The Kier molecular flexibility index (Phi) is 6.74. The van der Waals surface area contributed by atoms with Crippen LogP contribution in [0.4, 0.5) is 0 Å². The molecule has 2 aromatic rings. The summed E-state index contributed by atoms with van der Waals surface area (Å²) in [4.78, 5) is 20.5. The van der Waals surface area contributed by atoms with Crippen molar-refractivity contribution in [3.05, 3.63) is 36.0 Å². The Morgan fingerprint density at radius 1 is 1.37 bits per heavy atom. The van der Waals surface area contributed by atoms with Crippen molar-refractivity contribution in [1.29, 1.82) is 0 Å². The number of aliphatic hydroxyl groups excluding tert-OH is 2. The molecule has 10 heteroatoms. The molecule has 0 spiro atoms. The standard InChI is InChI=1S/C17H23N5O4.ClH/c1-11-5-12(22(2)21-11)16(25)20-9-17(6-13(23)14(24)7-17)10-26-15-8-18-3-4-19-15;/h3-5,8,13-14,23-24H,6-7,9-10H2,1-2H3,(H,20,25);1H/t13-,14+,17?;. The minimum Gasteiger partial charge on any atom is -0.476 e. The van der Waals surface area contributed by atoms with E-state index in [1.54, 1.807) is 19.3 Å². The topological polar surface area (TPSA) is 122 Å². The molecule has 2 heterocycles. The Hall–Kier alpha value is -2.23. The monoisotopic (exact) mass is 397 g/mol. The number of nitrogens with one attached hydrogen (secondary N) is 1. The normalized spacial score (nSPS) is 24.3. The van der Waals surface area contributed by atoms with E-state index in [9.17, 15) is 15.0 Å². The van der Waals surface area contributed by atoms with Crippen LogP contribution in [0.5, 0.6) is 5.88 Å². The van der Waals surface area contributed by atoms with Crippen LogP contribution in [0.3, 0.4) is 0 Å². The predicted molar refractivity (Wildman–Crippen MR) is 98.7 cm³/mol. The largest absolute Gasteiger partial charge is 0.476 e. The molecule has 1 aliphatic rings. The number of carbonyl (C=O) groups is 1. The maximum absolute atomic E-state index is 12.5. The van der Waals surface area contributed by atoms with E-state index >= 15 is 0 Å². The van der Waals surface area contributed by atoms with Crippen LogP contribution >= 0.6 is 12.4 Å². The second-order valence-electron chi connectivity index (χ2n) is 6.85. The van der Waals surface area contributed by atoms with Crippen molar-refractivity contribution in [2.45, 2.75) is 32.0 Å². The van der Waals surface area contributed by atoms with Crippen molar-refractivity contribution in [3.8, 4) is 5.88 Å². The van der Waals surface area contributed by atoms with Crippen molar-refractivity contribution < 1.29 is 19.7 Å². The lowest BCUT2D eigenvalue weighted by Gasteiger charge is -2.28. The average molecular weight is 398 g/mol. The van der Waals surface area contributed by atoms with E-state index in [2.05, 4.69) is 20.4 Å². The molecule has 2 aromatic heterocycles. The number of aliphatic hydroxyl groups is 2. The fourth-order valence-corrected chi connectivity index (χ4v) is 3.32. The highest BCUT2D eigenvalue weighted by Crippen LogP contribution is 2.38. The van der Waals surface area contributed by atoms with E-state index in [0.29, 0.717) is 24.4 Å². The van der Waals surface area contributed by atoms with E-state index in [1.165, 1.54) is 17.1 Å². The van der Waals surface area contributed by atoms with Gasteiger partial charge in [-0.3, -0.25) is 14.5 Å². The summed E-state index contributed by atoms with van der Waals surface area (Å²) in [7, 11) is 1.71. The first kappa shape index (κ1) is 21.1. The summed E-state index contributed by atoms with van der Waals surface area (Å²) in [5.41, 5.74) is 0.608. The number of aromatic nitrogens is 4. The molecule has 9 nitrogen and oxygen atoms in total. The number of ether oxygens (including phenoxy) is 1. The molecule has 1 saturated carbocycles.